The Morgan fingerprint density at radius 1 is 1.35 bits per heavy atom. The Hall–Kier alpha value is -1.99. The maximum atomic E-state index is 13.9. The van der Waals surface area contributed by atoms with E-state index in [1.54, 1.807) is 10.9 Å². The fourth-order valence-corrected chi connectivity index (χ4v) is 3.37. The maximum Gasteiger partial charge on any atom is 0.227 e. The van der Waals surface area contributed by atoms with E-state index < -0.39 is 11.6 Å². The highest BCUT2D eigenvalue weighted by Gasteiger charge is 2.37. The average molecular weight is 385 g/mol. The van der Waals surface area contributed by atoms with Crippen LogP contribution in [0, 0.1) is 17.6 Å². The minimum Gasteiger partial charge on any atom is -0.338 e. The zero-order valence-corrected chi connectivity index (χ0v) is 15.6. The molecule has 142 valence electrons. The van der Waals surface area contributed by atoms with Crippen LogP contribution < -0.4 is 5.32 Å². The van der Waals surface area contributed by atoms with E-state index in [2.05, 4.69) is 10.4 Å². The molecule has 0 aliphatic carbocycles. The number of nitrogens with one attached hydrogen (secondary N) is 1. The lowest BCUT2D eigenvalue weighted by Crippen LogP contribution is -2.38. The highest BCUT2D eigenvalue weighted by molar-refractivity contribution is 5.85. The van der Waals surface area contributed by atoms with Crippen molar-refractivity contribution in [2.45, 2.75) is 19.4 Å². The molecule has 0 bridgehead atoms. The largest absolute Gasteiger partial charge is 0.338 e. The first kappa shape index (κ1) is 20.3. The third-order valence-electron chi connectivity index (χ3n) is 4.79. The van der Waals surface area contributed by atoms with E-state index in [4.69, 9.17) is 0 Å². The summed E-state index contributed by atoms with van der Waals surface area (Å²) >= 11 is 0. The van der Waals surface area contributed by atoms with Gasteiger partial charge in [0.25, 0.3) is 0 Å². The molecule has 1 aromatic heterocycles. The van der Waals surface area contributed by atoms with E-state index in [0.717, 1.165) is 5.56 Å². The molecule has 0 saturated carbocycles. The second-order valence-corrected chi connectivity index (χ2v) is 6.37. The van der Waals surface area contributed by atoms with Crippen molar-refractivity contribution in [2.24, 2.45) is 13.0 Å². The van der Waals surface area contributed by atoms with Crippen LogP contribution in [0.1, 0.15) is 24.0 Å². The van der Waals surface area contributed by atoms with Gasteiger partial charge in [-0.2, -0.15) is 5.10 Å². The molecule has 1 saturated heterocycles. The first-order valence-corrected chi connectivity index (χ1v) is 8.42. The van der Waals surface area contributed by atoms with Crippen LogP contribution in [0.4, 0.5) is 8.78 Å². The second kappa shape index (κ2) is 8.60. The zero-order valence-electron chi connectivity index (χ0n) is 14.8. The first-order chi connectivity index (χ1) is 12.0. The standard InChI is InChI=1S/C18H22F2N4O.ClH/c1-3-24(11-15-16(19)5-4-6-17(15)20)18(25)14-9-21-8-13(14)12-7-22-23(2)10-12;/h4-7,10,13-14,21H,3,8-9,11H2,1-2H3;1H/t13-,14+;/m1./s1. The van der Waals surface area contributed by atoms with Crippen LogP contribution in [0.2, 0.25) is 0 Å². The Kier molecular flexibility index (Phi) is 6.72. The van der Waals surface area contributed by atoms with Gasteiger partial charge in [-0.15, -0.1) is 12.4 Å². The number of rotatable bonds is 5. The molecular formula is C18H23ClF2N4O. The lowest BCUT2D eigenvalue weighted by atomic mass is 9.89. The van der Waals surface area contributed by atoms with Gasteiger partial charge in [-0.3, -0.25) is 9.48 Å². The average Bonchev–Trinajstić information content (AvgIpc) is 3.22. The molecule has 5 nitrogen and oxygen atoms in total. The number of benzene rings is 1. The van der Waals surface area contributed by atoms with Crippen LogP contribution in [0.3, 0.4) is 0 Å². The van der Waals surface area contributed by atoms with Crippen molar-refractivity contribution < 1.29 is 13.6 Å². The zero-order chi connectivity index (χ0) is 18.0. The number of carbonyl (C=O) groups excluding carboxylic acids is 1. The van der Waals surface area contributed by atoms with Crippen molar-refractivity contribution in [1.29, 1.82) is 0 Å². The molecule has 8 heteroatoms. The van der Waals surface area contributed by atoms with Crippen molar-refractivity contribution in [1.82, 2.24) is 20.0 Å². The molecule has 1 amide bonds. The minimum atomic E-state index is -0.625. The molecule has 1 aliphatic heterocycles. The topological polar surface area (TPSA) is 50.2 Å². The summed E-state index contributed by atoms with van der Waals surface area (Å²) < 4.78 is 29.6. The van der Waals surface area contributed by atoms with E-state index in [0.29, 0.717) is 19.6 Å². The quantitative estimate of drug-likeness (QED) is 0.861. The molecule has 3 rings (SSSR count). The number of hydrogen-bond donors (Lipinski definition) is 1. The number of halogens is 3. The van der Waals surface area contributed by atoms with Gasteiger partial charge < -0.3 is 10.2 Å². The van der Waals surface area contributed by atoms with Crippen LogP contribution >= 0.6 is 12.4 Å². The van der Waals surface area contributed by atoms with Gasteiger partial charge in [-0.1, -0.05) is 6.07 Å². The molecule has 2 aromatic rings. The summed E-state index contributed by atoms with van der Waals surface area (Å²) in [5.74, 6) is -1.59. The van der Waals surface area contributed by atoms with E-state index in [1.165, 1.54) is 23.1 Å². The molecular weight excluding hydrogens is 362 g/mol. The molecule has 1 fully saturated rings. The Balaban J connectivity index is 0.00000243. The fraction of sp³-hybridized carbons (Fsp3) is 0.444. The number of amides is 1. The summed E-state index contributed by atoms with van der Waals surface area (Å²) in [7, 11) is 1.84. The molecule has 2 atom stereocenters. The van der Waals surface area contributed by atoms with Crippen LogP contribution in [0.15, 0.2) is 30.6 Å². The first-order valence-electron chi connectivity index (χ1n) is 8.42. The fourth-order valence-electron chi connectivity index (χ4n) is 3.37. The second-order valence-electron chi connectivity index (χ2n) is 6.37. The molecule has 0 spiro atoms. The molecule has 1 N–H and O–H groups in total. The molecule has 1 aromatic carbocycles. The van der Waals surface area contributed by atoms with Gasteiger partial charge >= 0.3 is 0 Å². The Bertz CT molecular complexity index is 747. The van der Waals surface area contributed by atoms with Crippen molar-refractivity contribution in [2.75, 3.05) is 19.6 Å². The summed E-state index contributed by atoms with van der Waals surface area (Å²) in [4.78, 5) is 14.5. The normalized spacial score (nSPS) is 19.2. The predicted molar refractivity (Wildman–Crippen MR) is 97.0 cm³/mol. The molecule has 1 aliphatic rings. The Morgan fingerprint density at radius 2 is 2.04 bits per heavy atom. The summed E-state index contributed by atoms with van der Waals surface area (Å²) in [6.45, 7) is 3.38. The summed E-state index contributed by atoms with van der Waals surface area (Å²) in [6.07, 6.45) is 3.68. The van der Waals surface area contributed by atoms with E-state index in [9.17, 15) is 13.6 Å². The third kappa shape index (κ3) is 4.04. The molecule has 0 unspecified atom stereocenters. The third-order valence-corrected chi connectivity index (χ3v) is 4.79. The Labute approximate surface area is 157 Å². The molecule has 26 heavy (non-hydrogen) atoms. The number of aryl methyl sites for hydroxylation is 1. The number of hydrogen-bond acceptors (Lipinski definition) is 3. The number of nitrogens with zero attached hydrogens (tertiary/aromatic N) is 3. The minimum absolute atomic E-state index is 0. The summed E-state index contributed by atoms with van der Waals surface area (Å²) in [5.41, 5.74) is 0.931. The van der Waals surface area contributed by atoms with Crippen molar-refractivity contribution >= 4 is 18.3 Å². The monoisotopic (exact) mass is 384 g/mol. The van der Waals surface area contributed by atoms with Crippen molar-refractivity contribution in [3.63, 3.8) is 0 Å². The van der Waals surface area contributed by atoms with Crippen LogP contribution in [-0.2, 0) is 18.4 Å². The molecule has 0 radical (unpaired) electrons. The van der Waals surface area contributed by atoms with Gasteiger partial charge in [0.05, 0.1) is 18.7 Å². The highest BCUT2D eigenvalue weighted by atomic mass is 35.5. The van der Waals surface area contributed by atoms with Gasteiger partial charge in [-0.05, 0) is 24.6 Å². The summed E-state index contributed by atoms with van der Waals surface area (Å²) in [5, 5.41) is 7.42. The highest BCUT2D eigenvalue weighted by Crippen LogP contribution is 2.30. The predicted octanol–water partition coefficient (Wildman–Crippen LogP) is 2.47. The molecule has 2 heterocycles. The van der Waals surface area contributed by atoms with Crippen molar-refractivity contribution in [3.05, 3.63) is 53.4 Å². The van der Waals surface area contributed by atoms with Gasteiger partial charge in [0.2, 0.25) is 5.91 Å². The van der Waals surface area contributed by atoms with Gasteiger partial charge in [-0.25, -0.2) is 8.78 Å². The van der Waals surface area contributed by atoms with E-state index in [-0.39, 0.29) is 42.3 Å². The number of carbonyl (C=O) groups is 1. The van der Waals surface area contributed by atoms with Crippen LogP contribution in [0.25, 0.3) is 0 Å². The lowest BCUT2D eigenvalue weighted by molar-refractivity contribution is -0.135. The van der Waals surface area contributed by atoms with E-state index >= 15 is 0 Å². The smallest absolute Gasteiger partial charge is 0.227 e. The lowest BCUT2D eigenvalue weighted by Gasteiger charge is -2.27. The van der Waals surface area contributed by atoms with Gasteiger partial charge in [0.15, 0.2) is 0 Å². The summed E-state index contributed by atoms with van der Waals surface area (Å²) in [6, 6.07) is 3.75. The van der Waals surface area contributed by atoms with Gasteiger partial charge in [0, 0.05) is 44.4 Å². The van der Waals surface area contributed by atoms with Crippen LogP contribution in [0.5, 0.6) is 0 Å². The van der Waals surface area contributed by atoms with Crippen molar-refractivity contribution in [3.8, 4) is 0 Å². The SMILES string of the molecule is CCN(Cc1c(F)cccc1F)C(=O)[C@H]1CNC[C@@H]1c1cnn(C)c1.Cl. The maximum absolute atomic E-state index is 13.9. The van der Waals surface area contributed by atoms with Gasteiger partial charge in [0.1, 0.15) is 11.6 Å². The van der Waals surface area contributed by atoms with E-state index in [1.807, 2.05) is 20.2 Å². The van der Waals surface area contributed by atoms with Crippen LogP contribution in [-0.4, -0.2) is 40.2 Å². The Morgan fingerprint density at radius 3 is 2.62 bits per heavy atom. The number of aromatic nitrogens is 2.